The molecule has 0 spiro atoms. The van der Waals surface area contributed by atoms with Gasteiger partial charge in [-0.25, -0.2) is 0 Å². The zero-order valence-electron chi connectivity index (χ0n) is 6.88. The lowest BCUT2D eigenvalue weighted by molar-refractivity contribution is -0.157. The lowest BCUT2D eigenvalue weighted by Crippen LogP contribution is -2.41. The Balaban J connectivity index is 2.45. The van der Waals surface area contributed by atoms with E-state index in [4.69, 9.17) is 0 Å². The number of hydroxylamine groups is 2. The molecule has 2 atom stereocenters. The van der Waals surface area contributed by atoms with E-state index in [1.807, 2.05) is 0 Å². The van der Waals surface area contributed by atoms with Crippen LogP contribution in [0, 0.1) is 5.92 Å². The van der Waals surface area contributed by atoms with E-state index >= 15 is 0 Å². The molecule has 0 aromatic rings. The molecule has 1 aliphatic rings. The number of rotatable bonds is 1. The molecule has 1 fully saturated rings. The second-order valence-corrected chi connectivity index (χ2v) is 3.26. The monoisotopic (exact) mass is 143 g/mol. The molecule has 2 nitrogen and oxygen atoms in total. The molecule has 0 amide bonds. The number of piperidine rings is 1. The van der Waals surface area contributed by atoms with Gasteiger partial charge in [0.25, 0.3) is 0 Å². The third-order valence-corrected chi connectivity index (χ3v) is 2.50. The molecule has 1 N–H and O–H groups in total. The van der Waals surface area contributed by atoms with Crippen LogP contribution in [0.5, 0.6) is 0 Å². The topological polar surface area (TPSA) is 23.5 Å². The Bertz CT molecular complexity index is 95.4. The van der Waals surface area contributed by atoms with Gasteiger partial charge in [-0.15, -0.1) is 0 Å². The molecule has 1 saturated heterocycles. The predicted molar refractivity (Wildman–Crippen MR) is 41.0 cm³/mol. The second-order valence-electron chi connectivity index (χ2n) is 3.26. The van der Waals surface area contributed by atoms with Crippen molar-refractivity contribution in [3.05, 3.63) is 0 Å². The van der Waals surface area contributed by atoms with E-state index in [1.165, 1.54) is 11.5 Å². The SMILES string of the molecule is CCC1C(C)CCCN1O. The summed E-state index contributed by atoms with van der Waals surface area (Å²) in [7, 11) is 0. The van der Waals surface area contributed by atoms with Crippen molar-refractivity contribution in [1.82, 2.24) is 5.06 Å². The van der Waals surface area contributed by atoms with E-state index in [-0.39, 0.29) is 0 Å². The Morgan fingerprint density at radius 1 is 1.60 bits per heavy atom. The molecular weight excluding hydrogens is 126 g/mol. The summed E-state index contributed by atoms with van der Waals surface area (Å²) in [6.07, 6.45) is 3.49. The molecule has 0 aliphatic carbocycles. The first kappa shape index (κ1) is 8.02. The molecule has 1 rings (SSSR count). The van der Waals surface area contributed by atoms with Crippen LogP contribution in [0.25, 0.3) is 0 Å². The zero-order chi connectivity index (χ0) is 7.56. The summed E-state index contributed by atoms with van der Waals surface area (Å²) in [4.78, 5) is 0. The Hall–Kier alpha value is -0.0800. The summed E-state index contributed by atoms with van der Waals surface area (Å²) >= 11 is 0. The molecule has 1 aliphatic heterocycles. The lowest BCUT2D eigenvalue weighted by atomic mass is 9.91. The van der Waals surface area contributed by atoms with Crippen molar-refractivity contribution in [2.45, 2.75) is 39.2 Å². The van der Waals surface area contributed by atoms with Gasteiger partial charge < -0.3 is 5.21 Å². The fourth-order valence-electron chi connectivity index (χ4n) is 1.84. The largest absolute Gasteiger partial charge is 0.314 e. The molecule has 0 aromatic heterocycles. The van der Waals surface area contributed by atoms with Crippen molar-refractivity contribution in [3.8, 4) is 0 Å². The lowest BCUT2D eigenvalue weighted by Gasteiger charge is -2.34. The van der Waals surface area contributed by atoms with Gasteiger partial charge in [-0.05, 0) is 25.2 Å². The van der Waals surface area contributed by atoms with Crippen molar-refractivity contribution in [3.63, 3.8) is 0 Å². The molecule has 10 heavy (non-hydrogen) atoms. The van der Waals surface area contributed by atoms with Gasteiger partial charge in [0.15, 0.2) is 0 Å². The summed E-state index contributed by atoms with van der Waals surface area (Å²) < 4.78 is 0. The third-order valence-electron chi connectivity index (χ3n) is 2.50. The molecular formula is C8H17NO. The summed E-state index contributed by atoms with van der Waals surface area (Å²) in [5.41, 5.74) is 0. The van der Waals surface area contributed by atoms with E-state index in [2.05, 4.69) is 13.8 Å². The Morgan fingerprint density at radius 3 is 2.70 bits per heavy atom. The van der Waals surface area contributed by atoms with E-state index < -0.39 is 0 Å². The molecule has 1 heterocycles. The van der Waals surface area contributed by atoms with Crippen molar-refractivity contribution in [1.29, 1.82) is 0 Å². The molecule has 60 valence electrons. The second kappa shape index (κ2) is 3.35. The first-order valence-electron chi connectivity index (χ1n) is 4.21. The van der Waals surface area contributed by atoms with Crippen LogP contribution < -0.4 is 0 Å². The van der Waals surface area contributed by atoms with Crippen LogP contribution >= 0.6 is 0 Å². The summed E-state index contributed by atoms with van der Waals surface area (Å²) in [6, 6.07) is 0.411. The molecule has 0 radical (unpaired) electrons. The van der Waals surface area contributed by atoms with Crippen LogP contribution in [-0.2, 0) is 0 Å². The number of hydrogen-bond acceptors (Lipinski definition) is 2. The molecule has 0 bridgehead atoms. The fourth-order valence-corrected chi connectivity index (χ4v) is 1.84. The van der Waals surface area contributed by atoms with Crippen LogP contribution in [0.4, 0.5) is 0 Å². The third kappa shape index (κ3) is 1.50. The zero-order valence-corrected chi connectivity index (χ0v) is 6.88. The van der Waals surface area contributed by atoms with Crippen LogP contribution in [0.15, 0.2) is 0 Å². The maximum atomic E-state index is 9.37. The standard InChI is InChI=1S/C8H17NO/c1-3-8-7(2)5-4-6-9(8)10/h7-8,10H,3-6H2,1-2H3. The minimum atomic E-state index is 0.411. The van der Waals surface area contributed by atoms with Crippen LogP contribution in [-0.4, -0.2) is 22.9 Å². The molecule has 2 heteroatoms. The highest BCUT2D eigenvalue weighted by molar-refractivity contribution is 4.75. The Labute approximate surface area is 62.8 Å². The van der Waals surface area contributed by atoms with Crippen LogP contribution in [0.3, 0.4) is 0 Å². The van der Waals surface area contributed by atoms with E-state index in [0.29, 0.717) is 12.0 Å². The van der Waals surface area contributed by atoms with Crippen molar-refractivity contribution in [2.24, 2.45) is 5.92 Å². The van der Waals surface area contributed by atoms with E-state index in [9.17, 15) is 5.21 Å². The first-order chi connectivity index (χ1) is 4.75. The van der Waals surface area contributed by atoms with E-state index in [1.54, 1.807) is 0 Å². The highest BCUT2D eigenvalue weighted by Gasteiger charge is 2.25. The van der Waals surface area contributed by atoms with Crippen molar-refractivity contribution >= 4 is 0 Å². The maximum absolute atomic E-state index is 9.37. The van der Waals surface area contributed by atoms with Crippen molar-refractivity contribution in [2.75, 3.05) is 6.54 Å². The average Bonchev–Trinajstić information content (AvgIpc) is 1.88. The highest BCUT2D eigenvalue weighted by atomic mass is 16.5. The summed E-state index contributed by atoms with van der Waals surface area (Å²) in [6.45, 7) is 5.22. The van der Waals surface area contributed by atoms with Crippen molar-refractivity contribution < 1.29 is 5.21 Å². The van der Waals surface area contributed by atoms with Gasteiger partial charge in [0.2, 0.25) is 0 Å². The average molecular weight is 143 g/mol. The van der Waals surface area contributed by atoms with Gasteiger partial charge in [-0.1, -0.05) is 13.8 Å². The fraction of sp³-hybridized carbons (Fsp3) is 1.00. The number of hydrogen-bond donors (Lipinski definition) is 1. The normalized spacial score (nSPS) is 36.3. The maximum Gasteiger partial charge on any atom is 0.0373 e. The van der Waals surface area contributed by atoms with Gasteiger partial charge in [0, 0.05) is 12.6 Å². The molecule has 0 saturated carbocycles. The number of nitrogens with zero attached hydrogens (tertiary/aromatic N) is 1. The summed E-state index contributed by atoms with van der Waals surface area (Å²) in [5.74, 6) is 0.670. The molecule has 0 aromatic carbocycles. The summed E-state index contributed by atoms with van der Waals surface area (Å²) in [5, 5.41) is 10.9. The van der Waals surface area contributed by atoms with Gasteiger partial charge >= 0.3 is 0 Å². The first-order valence-corrected chi connectivity index (χ1v) is 4.21. The van der Waals surface area contributed by atoms with Gasteiger partial charge in [0.1, 0.15) is 0 Å². The van der Waals surface area contributed by atoms with Gasteiger partial charge in [-0.2, -0.15) is 5.06 Å². The smallest absolute Gasteiger partial charge is 0.0373 e. The highest BCUT2D eigenvalue weighted by Crippen LogP contribution is 2.23. The van der Waals surface area contributed by atoms with Crippen LogP contribution in [0.1, 0.15) is 33.1 Å². The van der Waals surface area contributed by atoms with E-state index in [0.717, 1.165) is 19.4 Å². The molecule has 2 unspecified atom stereocenters. The van der Waals surface area contributed by atoms with Crippen LogP contribution in [0.2, 0.25) is 0 Å². The minimum Gasteiger partial charge on any atom is -0.314 e. The predicted octanol–water partition coefficient (Wildman–Crippen LogP) is 1.89. The van der Waals surface area contributed by atoms with Gasteiger partial charge in [0.05, 0.1) is 0 Å². The Morgan fingerprint density at radius 2 is 2.30 bits per heavy atom. The Kier molecular flexibility index (Phi) is 2.69. The van der Waals surface area contributed by atoms with Gasteiger partial charge in [-0.3, -0.25) is 0 Å². The quantitative estimate of drug-likeness (QED) is 0.606. The minimum absolute atomic E-state index is 0.411.